The number of hydrogen-bond donors (Lipinski definition) is 1. The molecule has 15 heavy (non-hydrogen) atoms. The molecule has 0 saturated carbocycles. The van der Waals surface area contributed by atoms with Crippen molar-refractivity contribution in [2.75, 3.05) is 0 Å². The van der Waals surface area contributed by atoms with Gasteiger partial charge in [0, 0.05) is 6.54 Å². The van der Waals surface area contributed by atoms with E-state index < -0.39 is 21.9 Å². The Morgan fingerprint density at radius 3 is 2.80 bits per heavy atom. The quantitative estimate of drug-likeness (QED) is 0.433. The van der Waals surface area contributed by atoms with Crippen LogP contribution in [-0.2, 0) is 6.54 Å². The lowest BCUT2D eigenvalue weighted by Gasteiger charge is -1.99. The van der Waals surface area contributed by atoms with Gasteiger partial charge in [-0.3, -0.25) is 24.5 Å². The van der Waals surface area contributed by atoms with Gasteiger partial charge >= 0.3 is 16.9 Å². The number of aromatic nitrogens is 2. The maximum absolute atomic E-state index is 11.2. The standard InChI is InChI=1S/C8H9N3O4/c1-2-3-4-10-5-6(11(14)15)7(12)9-8(10)13/h2-3,5H,4H2,1H3,(H,9,12,13). The third kappa shape index (κ3) is 2.39. The van der Waals surface area contributed by atoms with E-state index in [2.05, 4.69) is 0 Å². The highest BCUT2D eigenvalue weighted by Gasteiger charge is 2.13. The molecule has 1 rings (SSSR count). The van der Waals surface area contributed by atoms with E-state index in [1.54, 1.807) is 19.1 Å². The Kier molecular flexibility index (Phi) is 3.17. The first-order valence-corrected chi connectivity index (χ1v) is 4.15. The van der Waals surface area contributed by atoms with E-state index in [1.165, 1.54) is 0 Å². The number of rotatable bonds is 3. The lowest BCUT2D eigenvalue weighted by molar-refractivity contribution is -0.386. The topological polar surface area (TPSA) is 98.0 Å². The highest BCUT2D eigenvalue weighted by atomic mass is 16.6. The first-order chi connectivity index (χ1) is 7.06. The Morgan fingerprint density at radius 2 is 2.27 bits per heavy atom. The fraction of sp³-hybridized carbons (Fsp3) is 0.250. The van der Waals surface area contributed by atoms with Gasteiger partial charge in [0.15, 0.2) is 0 Å². The Labute approximate surface area is 83.8 Å². The number of aromatic amines is 1. The van der Waals surface area contributed by atoms with E-state index in [0.717, 1.165) is 10.8 Å². The highest BCUT2D eigenvalue weighted by molar-refractivity contribution is 5.20. The third-order valence-electron chi connectivity index (χ3n) is 1.73. The predicted octanol–water partition coefficient (Wildman–Crippen LogP) is 0.0209. The molecule has 7 nitrogen and oxygen atoms in total. The van der Waals surface area contributed by atoms with Gasteiger partial charge in [0.1, 0.15) is 0 Å². The molecule has 0 aliphatic heterocycles. The van der Waals surface area contributed by atoms with Crippen molar-refractivity contribution in [2.45, 2.75) is 13.5 Å². The molecule has 1 heterocycles. The minimum atomic E-state index is -0.985. The van der Waals surface area contributed by atoms with E-state index >= 15 is 0 Å². The van der Waals surface area contributed by atoms with Gasteiger partial charge in [-0.2, -0.15) is 0 Å². The number of allylic oxidation sites excluding steroid dienone is 2. The zero-order chi connectivity index (χ0) is 11.4. The SMILES string of the molecule is CC=CCn1cc([N+](=O)[O-])c(=O)[nH]c1=O. The predicted molar refractivity (Wildman–Crippen MR) is 52.8 cm³/mol. The van der Waals surface area contributed by atoms with Crippen LogP contribution in [0.15, 0.2) is 27.9 Å². The summed E-state index contributed by atoms with van der Waals surface area (Å²) in [6, 6.07) is 0. The Hall–Kier alpha value is -2.18. The van der Waals surface area contributed by atoms with Crippen LogP contribution in [0.5, 0.6) is 0 Å². The zero-order valence-electron chi connectivity index (χ0n) is 7.97. The molecule has 1 aromatic heterocycles. The smallest absolute Gasteiger partial charge is 0.290 e. The Balaban J connectivity index is 3.30. The molecule has 0 aliphatic carbocycles. The van der Waals surface area contributed by atoms with Crippen molar-refractivity contribution in [2.24, 2.45) is 0 Å². The van der Waals surface area contributed by atoms with Crippen LogP contribution in [0.1, 0.15) is 6.92 Å². The van der Waals surface area contributed by atoms with Crippen molar-refractivity contribution in [1.29, 1.82) is 0 Å². The number of nitro groups is 1. The van der Waals surface area contributed by atoms with Crippen LogP contribution < -0.4 is 11.2 Å². The number of nitrogens with zero attached hydrogens (tertiary/aromatic N) is 2. The van der Waals surface area contributed by atoms with Gasteiger partial charge < -0.3 is 0 Å². The summed E-state index contributed by atoms with van der Waals surface area (Å²) in [6.07, 6.45) is 4.27. The molecule has 0 saturated heterocycles. The summed E-state index contributed by atoms with van der Waals surface area (Å²) in [7, 11) is 0. The molecule has 0 unspecified atom stereocenters. The van der Waals surface area contributed by atoms with Crippen LogP contribution in [-0.4, -0.2) is 14.5 Å². The molecule has 7 heteroatoms. The third-order valence-corrected chi connectivity index (χ3v) is 1.73. The second-order valence-electron chi connectivity index (χ2n) is 2.75. The van der Waals surface area contributed by atoms with Crippen LogP contribution in [0, 0.1) is 10.1 Å². The molecule has 0 aliphatic rings. The molecule has 1 N–H and O–H groups in total. The van der Waals surface area contributed by atoms with Crippen LogP contribution >= 0.6 is 0 Å². The largest absolute Gasteiger partial charge is 0.350 e. The first kappa shape index (κ1) is 10.9. The number of nitrogens with one attached hydrogen (secondary N) is 1. The molecule has 0 atom stereocenters. The average molecular weight is 211 g/mol. The summed E-state index contributed by atoms with van der Waals surface area (Å²) < 4.78 is 1.06. The van der Waals surface area contributed by atoms with Gasteiger partial charge in [-0.1, -0.05) is 12.2 Å². The molecule has 1 aromatic rings. The van der Waals surface area contributed by atoms with E-state index in [9.17, 15) is 19.7 Å². The number of hydrogen-bond acceptors (Lipinski definition) is 4. The molecule has 0 amide bonds. The summed E-state index contributed by atoms with van der Waals surface area (Å²) in [5.74, 6) is 0. The van der Waals surface area contributed by atoms with Crippen molar-refractivity contribution < 1.29 is 4.92 Å². The van der Waals surface area contributed by atoms with Gasteiger partial charge in [0.2, 0.25) is 0 Å². The summed E-state index contributed by atoms with van der Waals surface area (Å²) in [6.45, 7) is 1.94. The monoisotopic (exact) mass is 211 g/mol. The summed E-state index contributed by atoms with van der Waals surface area (Å²) >= 11 is 0. The molecule has 0 radical (unpaired) electrons. The average Bonchev–Trinajstić information content (AvgIpc) is 2.16. The van der Waals surface area contributed by atoms with E-state index in [4.69, 9.17) is 0 Å². The van der Waals surface area contributed by atoms with Crippen molar-refractivity contribution in [3.05, 3.63) is 49.3 Å². The maximum atomic E-state index is 11.2. The second-order valence-corrected chi connectivity index (χ2v) is 2.75. The summed E-state index contributed by atoms with van der Waals surface area (Å²) in [5.41, 5.74) is -2.29. The molecule has 0 spiro atoms. The van der Waals surface area contributed by atoms with Gasteiger partial charge in [-0.25, -0.2) is 4.79 Å². The minimum Gasteiger partial charge on any atom is -0.290 e. The van der Waals surface area contributed by atoms with Crippen LogP contribution in [0.2, 0.25) is 0 Å². The Morgan fingerprint density at radius 1 is 1.60 bits per heavy atom. The lowest BCUT2D eigenvalue weighted by Crippen LogP contribution is -2.30. The van der Waals surface area contributed by atoms with Crippen molar-refractivity contribution in [3.8, 4) is 0 Å². The summed E-state index contributed by atoms with van der Waals surface area (Å²) in [4.78, 5) is 33.6. The fourth-order valence-electron chi connectivity index (χ4n) is 0.982. The normalized spacial score (nSPS) is 10.7. The molecule has 0 fully saturated rings. The van der Waals surface area contributed by atoms with E-state index in [-0.39, 0.29) is 6.54 Å². The summed E-state index contributed by atoms with van der Waals surface area (Å²) in [5, 5.41) is 10.4. The zero-order valence-corrected chi connectivity index (χ0v) is 7.97. The molecular weight excluding hydrogens is 202 g/mol. The lowest BCUT2D eigenvalue weighted by atomic mass is 10.5. The Bertz CT molecular complexity index is 511. The van der Waals surface area contributed by atoms with Crippen LogP contribution in [0.4, 0.5) is 5.69 Å². The van der Waals surface area contributed by atoms with E-state index in [1.807, 2.05) is 4.98 Å². The van der Waals surface area contributed by atoms with Crippen molar-refractivity contribution in [1.82, 2.24) is 9.55 Å². The van der Waals surface area contributed by atoms with Crippen LogP contribution in [0.25, 0.3) is 0 Å². The van der Waals surface area contributed by atoms with Gasteiger partial charge in [0.05, 0.1) is 11.1 Å². The minimum absolute atomic E-state index is 0.187. The maximum Gasteiger partial charge on any atom is 0.350 e. The molecule has 80 valence electrons. The number of H-pyrrole nitrogens is 1. The molecular formula is C8H9N3O4. The second kappa shape index (κ2) is 4.36. The molecule has 0 bridgehead atoms. The fourth-order valence-corrected chi connectivity index (χ4v) is 0.982. The van der Waals surface area contributed by atoms with Gasteiger partial charge in [-0.15, -0.1) is 0 Å². The van der Waals surface area contributed by atoms with Gasteiger partial charge in [0.25, 0.3) is 0 Å². The van der Waals surface area contributed by atoms with Crippen molar-refractivity contribution >= 4 is 5.69 Å². The van der Waals surface area contributed by atoms with Crippen molar-refractivity contribution in [3.63, 3.8) is 0 Å². The van der Waals surface area contributed by atoms with Crippen LogP contribution in [0.3, 0.4) is 0 Å². The molecule has 0 aromatic carbocycles. The van der Waals surface area contributed by atoms with Gasteiger partial charge in [-0.05, 0) is 6.92 Å². The highest BCUT2D eigenvalue weighted by Crippen LogP contribution is 1.98. The first-order valence-electron chi connectivity index (χ1n) is 4.15. The van der Waals surface area contributed by atoms with E-state index in [0.29, 0.717) is 0 Å².